The van der Waals surface area contributed by atoms with Crippen molar-refractivity contribution in [1.82, 2.24) is 5.32 Å². The Kier molecular flexibility index (Phi) is 4.66. The summed E-state index contributed by atoms with van der Waals surface area (Å²) in [4.78, 5) is 11.3. The highest BCUT2D eigenvalue weighted by Crippen LogP contribution is 2.31. The van der Waals surface area contributed by atoms with Gasteiger partial charge in [0.2, 0.25) is 5.91 Å². The van der Waals surface area contributed by atoms with Gasteiger partial charge in [0.1, 0.15) is 0 Å². The first kappa shape index (κ1) is 13.9. The van der Waals surface area contributed by atoms with Crippen molar-refractivity contribution in [3.63, 3.8) is 0 Å². The molecule has 2 aliphatic carbocycles. The predicted octanol–water partition coefficient (Wildman–Crippen LogP) is 2.44. The maximum atomic E-state index is 11.3. The monoisotopic (exact) mass is 252 g/mol. The van der Waals surface area contributed by atoms with Crippen LogP contribution in [0.3, 0.4) is 0 Å². The molecular formula is C15H28N2O. The highest BCUT2D eigenvalue weighted by molar-refractivity contribution is 5.76. The van der Waals surface area contributed by atoms with Gasteiger partial charge in [0.15, 0.2) is 0 Å². The van der Waals surface area contributed by atoms with Crippen LogP contribution < -0.4 is 11.1 Å². The molecule has 1 amide bonds. The second-order valence-corrected chi connectivity index (χ2v) is 6.59. The van der Waals surface area contributed by atoms with Crippen molar-refractivity contribution in [3.05, 3.63) is 0 Å². The molecule has 2 fully saturated rings. The molecule has 2 saturated carbocycles. The largest absolute Gasteiger partial charge is 0.369 e. The Morgan fingerprint density at radius 3 is 2.39 bits per heavy atom. The fourth-order valence-electron chi connectivity index (χ4n) is 3.63. The molecule has 0 spiro atoms. The molecule has 0 radical (unpaired) electrons. The fraction of sp³-hybridized carbons (Fsp3) is 0.933. The lowest BCUT2D eigenvalue weighted by Gasteiger charge is -2.37. The number of amides is 1. The van der Waals surface area contributed by atoms with Crippen molar-refractivity contribution in [2.24, 2.45) is 23.5 Å². The highest BCUT2D eigenvalue weighted by atomic mass is 16.1. The third-order valence-corrected chi connectivity index (χ3v) is 5.15. The zero-order valence-electron chi connectivity index (χ0n) is 11.8. The molecule has 0 aromatic rings. The van der Waals surface area contributed by atoms with Crippen LogP contribution in [0.5, 0.6) is 0 Å². The summed E-state index contributed by atoms with van der Waals surface area (Å²) in [6.45, 7) is 4.73. The molecular weight excluding hydrogens is 224 g/mol. The molecule has 2 aliphatic rings. The lowest BCUT2D eigenvalue weighted by atomic mass is 9.78. The average molecular weight is 252 g/mol. The number of hydrogen-bond donors (Lipinski definition) is 2. The van der Waals surface area contributed by atoms with Gasteiger partial charge < -0.3 is 11.1 Å². The molecule has 0 aromatic heterocycles. The van der Waals surface area contributed by atoms with Crippen molar-refractivity contribution in [3.8, 4) is 0 Å². The van der Waals surface area contributed by atoms with E-state index in [9.17, 15) is 4.79 Å². The summed E-state index contributed by atoms with van der Waals surface area (Å²) in [6.07, 6.45) is 8.22. The smallest absolute Gasteiger partial charge is 0.220 e. The van der Waals surface area contributed by atoms with Crippen LogP contribution in [0, 0.1) is 17.8 Å². The average Bonchev–Trinajstić information content (AvgIpc) is 2.34. The van der Waals surface area contributed by atoms with Crippen LogP contribution in [-0.2, 0) is 4.79 Å². The van der Waals surface area contributed by atoms with Gasteiger partial charge in [0.05, 0.1) is 0 Å². The van der Waals surface area contributed by atoms with E-state index in [4.69, 9.17) is 5.73 Å². The number of nitrogens with one attached hydrogen (secondary N) is 1. The van der Waals surface area contributed by atoms with E-state index < -0.39 is 0 Å². The lowest BCUT2D eigenvalue weighted by molar-refractivity contribution is -0.123. The number of primary amides is 1. The second-order valence-electron chi connectivity index (χ2n) is 6.59. The summed E-state index contributed by atoms with van der Waals surface area (Å²) in [5.41, 5.74) is 5.44. The van der Waals surface area contributed by atoms with Crippen LogP contribution in [0.25, 0.3) is 0 Å². The van der Waals surface area contributed by atoms with Crippen molar-refractivity contribution in [2.45, 2.75) is 70.9 Å². The standard InChI is InChI=1S/C15H28N2O/c1-10-6-7-14(8-11(10)2)17-13-5-3-4-12(9-13)15(16)18/h10-14,17H,3-9H2,1-2H3,(H2,16,18). The Balaban J connectivity index is 1.80. The van der Waals surface area contributed by atoms with Crippen LogP contribution in [-0.4, -0.2) is 18.0 Å². The van der Waals surface area contributed by atoms with E-state index in [1.54, 1.807) is 0 Å². The van der Waals surface area contributed by atoms with Crippen molar-refractivity contribution in [2.75, 3.05) is 0 Å². The van der Waals surface area contributed by atoms with Gasteiger partial charge in [-0.2, -0.15) is 0 Å². The topological polar surface area (TPSA) is 55.1 Å². The minimum Gasteiger partial charge on any atom is -0.369 e. The van der Waals surface area contributed by atoms with Crippen molar-refractivity contribution < 1.29 is 4.79 Å². The molecule has 2 rings (SSSR count). The number of carbonyl (C=O) groups is 1. The lowest BCUT2D eigenvalue weighted by Crippen LogP contribution is -2.45. The van der Waals surface area contributed by atoms with Gasteiger partial charge in [0, 0.05) is 18.0 Å². The maximum absolute atomic E-state index is 11.3. The molecule has 0 aromatic carbocycles. The summed E-state index contributed by atoms with van der Waals surface area (Å²) in [5.74, 6) is 1.70. The maximum Gasteiger partial charge on any atom is 0.220 e. The number of carbonyl (C=O) groups excluding carboxylic acids is 1. The fourth-order valence-corrected chi connectivity index (χ4v) is 3.63. The minimum absolute atomic E-state index is 0.105. The molecule has 3 nitrogen and oxygen atoms in total. The van der Waals surface area contributed by atoms with Gasteiger partial charge >= 0.3 is 0 Å². The van der Waals surface area contributed by atoms with E-state index in [0.717, 1.165) is 31.1 Å². The number of hydrogen-bond acceptors (Lipinski definition) is 2. The molecule has 0 aliphatic heterocycles. The van der Waals surface area contributed by atoms with Crippen LogP contribution >= 0.6 is 0 Å². The summed E-state index contributed by atoms with van der Waals surface area (Å²) in [5, 5.41) is 3.79. The van der Waals surface area contributed by atoms with E-state index in [-0.39, 0.29) is 11.8 Å². The van der Waals surface area contributed by atoms with Crippen LogP contribution in [0.4, 0.5) is 0 Å². The Labute approximate surface area is 111 Å². The molecule has 5 atom stereocenters. The van der Waals surface area contributed by atoms with Crippen molar-refractivity contribution >= 4 is 5.91 Å². The first-order chi connectivity index (χ1) is 8.56. The highest BCUT2D eigenvalue weighted by Gasteiger charge is 2.30. The third-order valence-electron chi connectivity index (χ3n) is 5.15. The van der Waals surface area contributed by atoms with Crippen LogP contribution in [0.1, 0.15) is 58.8 Å². The quantitative estimate of drug-likeness (QED) is 0.810. The van der Waals surface area contributed by atoms with Crippen molar-refractivity contribution in [1.29, 1.82) is 0 Å². The van der Waals surface area contributed by atoms with Gasteiger partial charge in [-0.1, -0.05) is 20.3 Å². The Bertz CT molecular complexity index is 292. The van der Waals surface area contributed by atoms with Gasteiger partial charge in [-0.15, -0.1) is 0 Å². The molecule has 3 N–H and O–H groups in total. The Morgan fingerprint density at radius 1 is 1.00 bits per heavy atom. The zero-order valence-corrected chi connectivity index (χ0v) is 11.8. The molecule has 18 heavy (non-hydrogen) atoms. The van der Waals surface area contributed by atoms with Gasteiger partial charge in [-0.05, 0) is 50.4 Å². The first-order valence-corrected chi connectivity index (χ1v) is 7.61. The van der Waals surface area contributed by atoms with Gasteiger partial charge in [0.25, 0.3) is 0 Å². The molecule has 0 heterocycles. The van der Waals surface area contributed by atoms with Crippen LogP contribution in [0.15, 0.2) is 0 Å². The molecule has 104 valence electrons. The third kappa shape index (κ3) is 3.47. The van der Waals surface area contributed by atoms with Gasteiger partial charge in [-0.3, -0.25) is 4.79 Å². The Morgan fingerprint density at radius 2 is 1.72 bits per heavy atom. The molecule has 0 bridgehead atoms. The number of rotatable bonds is 3. The minimum atomic E-state index is -0.105. The van der Waals surface area contributed by atoms with E-state index in [1.165, 1.54) is 25.7 Å². The van der Waals surface area contributed by atoms with Crippen LogP contribution in [0.2, 0.25) is 0 Å². The summed E-state index contributed by atoms with van der Waals surface area (Å²) in [6, 6.07) is 1.18. The normalized spacial score (nSPS) is 41.6. The molecule has 3 heteroatoms. The SMILES string of the molecule is CC1CCC(NC2CCCC(C(N)=O)C2)CC1C. The van der Waals surface area contributed by atoms with E-state index in [1.807, 2.05) is 0 Å². The zero-order chi connectivity index (χ0) is 13.1. The second kappa shape index (κ2) is 6.05. The predicted molar refractivity (Wildman–Crippen MR) is 74.0 cm³/mol. The summed E-state index contributed by atoms with van der Waals surface area (Å²) >= 11 is 0. The first-order valence-electron chi connectivity index (χ1n) is 7.61. The number of nitrogens with two attached hydrogens (primary N) is 1. The summed E-state index contributed by atoms with van der Waals surface area (Å²) in [7, 11) is 0. The van der Waals surface area contributed by atoms with E-state index >= 15 is 0 Å². The molecule has 5 unspecified atom stereocenters. The summed E-state index contributed by atoms with van der Waals surface area (Å²) < 4.78 is 0. The Hall–Kier alpha value is -0.570. The van der Waals surface area contributed by atoms with E-state index in [0.29, 0.717) is 12.1 Å². The van der Waals surface area contributed by atoms with Gasteiger partial charge in [-0.25, -0.2) is 0 Å². The molecule has 0 saturated heterocycles. The van der Waals surface area contributed by atoms with E-state index in [2.05, 4.69) is 19.2 Å².